The van der Waals surface area contributed by atoms with Gasteiger partial charge in [0.25, 0.3) is 0 Å². The predicted octanol–water partition coefficient (Wildman–Crippen LogP) is 2.23. The number of pyridine rings is 1. The Morgan fingerprint density at radius 2 is 2.30 bits per heavy atom. The maximum atomic E-state index is 11.0. The van der Waals surface area contributed by atoms with Gasteiger partial charge in [-0.15, -0.1) is 11.3 Å². The summed E-state index contributed by atoms with van der Waals surface area (Å²) in [7, 11) is 0. The molecule has 3 rings (SSSR count). The number of carboxylic acid groups (broad SMARTS) is 1. The fourth-order valence-electron chi connectivity index (χ4n) is 1.81. The Labute approximate surface area is 115 Å². The highest BCUT2D eigenvalue weighted by molar-refractivity contribution is 7.13. The lowest BCUT2D eigenvalue weighted by Gasteiger charge is -2.00. The summed E-state index contributed by atoms with van der Waals surface area (Å²) in [5.41, 5.74) is -0.591. The predicted molar refractivity (Wildman–Crippen MR) is 68.5 cm³/mol. The summed E-state index contributed by atoms with van der Waals surface area (Å²) in [5, 5.41) is 33.8. The van der Waals surface area contributed by atoms with Gasteiger partial charge in [-0.2, -0.15) is 5.26 Å². The summed E-state index contributed by atoms with van der Waals surface area (Å²) in [6.45, 7) is 0. The number of hydrogen-bond acceptors (Lipinski definition) is 7. The number of aromatic hydroxyl groups is 1. The molecule has 0 saturated heterocycles. The van der Waals surface area contributed by atoms with E-state index in [0.717, 1.165) is 4.88 Å². The quantitative estimate of drug-likeness (QED) is 0.741. The van der Waals surface area contributed by atoms with Crippen LogP contribution in [0.2, 0.25) is 0 Å². The molecule has 0 amide bonds. The molecule has 0 saturated carbocycles. The van der Waals surface area contributed by atoms with Gasteiger partial charge >= 0.3 is 5.97 Å². The van der Waals surface area contributed by atoms with E-state index in [-0.39, 0.29) is 16.7 Å². The van der Waals surface area contributed by atoms with Crippen LogP contribution in [0.25, 0.3) is 21.5 Å². The summed E-state index contributed by atoms with van der Waals surface area (Å²) in [6.07, 6.45) is 0. The maximum absolute atomic E-state index is 11.0. The van der Waals surface area contributed by atoms with E-state index in [1.54, 1.807) is 18.2 Å². The highest BCUT2D eigenvalue weighted by Gasteiger charge is 2.25. The van der Waals surface area contributed by atoms with Gasteiger partial charge in [0.05, 0.1) is 10.3 Å². The van der Waals surface area contributed by atoms with E-state index in [1.165, 1.54) is 11.3 Å². The Hall–Kier alpha value is -2.92. The summed E-state index contributed by atoms with van der Waals surface area (Å²) in [4.78, 5) is 15.4. The van der Waals surface area contributed by atoms with Crippen molar-refractivity contribution in [3.8, 4) is 22.4 Å². The number of hydrogen-bond donors (Lipinski definition) is 2. The van der Waals surface area contributed by atoms with Gasteiger partial charge in [-0.1, -0.05) is 11.2 Å². The van der Waals surface area contributed by atoms with Crippen LogP contribution in [0.4, 0.5) is 0 Å². The lowest BCUT2D eigenvalue weighted by Crippen LogP contribution is -2.03. The molecule has 0 aromatic carbocycles. The van der Waals surface area contributed by atoms with Crippen molar-refractivity contribution in [3.05, 3.63) is 28.9 Å². The van der Waals surface area contributed by atoms with Gasteiger partial charge in [0.15, 0.2) is 17.1 Å². The molecule has 0 aliphatic carbocycles. The zero-order valence-electron chi connectivity index (χ0n) is 9.69. The number of carboxylic acids is 1. The second kappa shape index (κ2) is 4.32. The van der Waals surface area contributed by atoms with Crippen molar-refractivity contribution in [2.45, 2.75) is 0 Å². The van der Waals surface area contributed by atoms with Gasteiger partial charge in [-0.05, 0) is 11.4 Å². The minimum Gasteiger partial charge on any atom is -0.502 e. The number of aromatic carboxylic acids is 1. The standard InChI is InChI=1S/C12H5N3O4S/c13-4-5-7-8(6-2-1-3-20-6)15-19-11(7)10(16)9(14-5)12(17)18/h1-3,16H,(H,17,18). The van der Waals surface area contributed by atoms with E-state index in [1.807, 2.05) is 5.38 Å². The summed E-state index contributed by atoms with van der Waals surface area (Å²) >= 11 is 1.37. The molecular weight excluding hydrogens is 282 g/mol. The lowest BCUT2D eigenvalue weighted by molar-refractivity contribution is 0.0687. The van der Waals surface area contributed by atoms with Crippen molar-refractivity contribution in [2.24, 2.45) is 0 Å². The van der Waals surface area contributed by atoms with Crippen LogP contribution in [0.1, 0.15) is 16.2 Å². The molecule has 0 radical (unpaired) electrons. The molecule has 0 spiro atoms. The molecule has 2 N–H and O–H groups in total. The number of fused-ring (bicyclic) bond motifs is 1. The first-order chi connectivity index (χ1) is 9.63. The zero-order chi connectivity index (χ0) is 14.3. The van der Waals surface area contributed by atoms with Gasteiger partial charge in [0.2, 0.25) is 5.58 Å². The SMILES string of the molecule is N#Cc1nc(C(=O)O)c(O)c2onc(-c3cccs3)c12. The molecule has 0 aliphatic heterocycles. The second-order valence-corrected chi connectivity index (χ2v) is 4.73. The van der Waals surface area contributed by atoms with Crippen molar-refractivity contribution in [1.82, 2.24) is 10.1 Å². The van der Waals surface area contributed by atoms with Crippen LogP contribution >= 0.6 is 11.3 Å². The summed E-state index contributed by atoms with van der Waals surface area (Å²) in [5.74, 6) is -2.09. The highest BCUT2D eigenvalue weighted by Crippen LogP contribution is 2.37. The minimum absolute atomic E-state index is 0.153. The Bertz CT molecular complexity index is 861. The third-order valence-corrected chi connectivity index (χ3v) is 3.53. The summed E-state index contributed by atoms with van der Waals surface area (Å²) < 4.78 is 4.99. The van der Waals surface area contributed by atoms with Crippen LogP contribution in [0.5, 0.6) is 5.75 Å². The molecule has 0 aliphatic rings. The Kier molecular flexibility index (Phi) is 2.62. The first-order valence-electron chi connectivity index (χ1n) is 5.33. The van der Waals surface area contributed by atoms with Gasteiger partial charge in [-0.3, -0.25) is 0 Å². The molecule has 8 heteroatoms. The molecule has 3 aromatic heterocycles. The zero-order valence-corrected chi connectivity index (χ0v) is 10.5. The maximum Gasteiger partial charge on any atom is 0.358 e. The Morgan fingerprint density at radius 1 is 1.50 bits per heavy atom. The largest absolute Gasteiger partial charge is 0.502 e. The number of nitrogens with zero attached hydrogens (tertiary/aromatic N) is 3. The number of nitriles is 1. The first-order valence-corrected chi connectivity index (χ1v) is 6.21. The summed E-state index contributed by atoms with van der Waals surface area (Å²) in [6, 6.07) is 5.37. The van der Waals surface area contributed by atoms with Crippen LogP contribution in [0.15, 0.2) is 22.0 Å². The van der Waals surface area contributed by atoms with E-state index >= 15 is 0 Å². The molecule has 3 heterocycles. The third-order valence-electron chi connectivity index (χ3n) is 2.65. The Morgan fingerprint density at radius 3 is 2.90 bits per heavy atom. The van der Waals surface area contributed by atoms with Crippen molar-refractivity contribution < 1.29 is 19.5 Å². The van der Waals surface area contributed by atoms with Gasteiger partial charge in [-0.25, -0.2) is 9.78 Å². The van der Waals surface area contributed by atoms with Crippen molar-refractivity contribution in [3.63, 3.8) is 0 Å². The second-order valence-electron chi connectivity index (χ2n) is 3.79. The van der Waals surface area contributed by atoms with Crippen LogP contribution in [-0.4, -0.2) is 26.3 Å². The number of aromatic nitrogens is 2. The number of rotatable bonds is 2. The molecule has 0 atom stereocenters. The first kappa shape index (κ1) is 12.1. The van der Waals surface area contributed by atoms with Crippen LogP contribution in [0, 0.1) is 11.3 Å². The molecule has 0 bridgehead atoms. The van der Waals surface area contributed by atoms with Crippen LogP contribution < -0.4 is 0 Å². The molecule has 20 heavy (non-hydrogen) atoms. The van der Waals surface area contributed by atoms with E-state index in [4.69, 9.17) is 14.9 Å². The van der Waals surface area contributed by atoms with Gasteiger partial charge in [0, 0.05) is 0 Å². The van der Waals surface area contributed by atoms with E-state index in [2.05, 4.69) is 10.1 Å². The molecule has 3 aromatic rings. The van der Waals surface area contributed by atoms with Crippen molar-refractivity contribution in [2.75, 3.05) is 0 Å². The van der Waals surface area contributed by atoms with Crippen LogP contribution in [-0.2, 0) is 0 Å². The fourth-order valence-corrected chi connectivity index (χ4v) is 2.52. The van der Waals surface area contributed by atoms with Gasteiger partial charge < -0.3 is 14.7 Å². The molecule has 98 valence electrons. The monoisotopic (exact) mass is 287 g/mol. The number of carbonyl (C=O) groups is 1. The van der Waals surface area contributed by atoms with E-state index in [0.29, 0.717) is 5.69 Å². The van der Waals surface area contributed by atoms with E-state index in [9.17, 15) is 9.90 Å². The smallest absolute Gasteiger partial charge is 0.358 e. The van der Waals surface area contributed by atoms with Crippen LogP contribution in [0.3, 0.4) is 0 Å². The number of thiophene rings is 1. The molecule has 0 unspecified atom stereocenters. The molecule has 7 nitrogen and oxygen atoms in total. The fraction of sp³-hybridized carbons (Fsp3) is 0. The highest BCUT2D eigenvalue weighted by atomic mass is 32.1. The van der Waals surface area contributed by atoms with Gasteiger partial charge in [0.1, 0.15) is 11.8 Å². The topological polar surface area (TPSA) is 120 Å². The minimum atomic E-state index is -1.45. The average molecular weight is 287 g/mol. The van der Waals surface area contributed by atoms with Crippen molar-refractivity contribution in [1.29, 1.82) is 5.26 Å². The average Bonchev–Trinajstić information content (AvgIpc) is 3.07. The molecular formula is C12H5N3O4S. The lowest BCUT2D eigenvalue weighted by atomic mass is 10.1. The normalized spacial score (nSPS) is 10.6. The van der Waals surface area contributed by atoms with Crippen molar-refractivity contribution >= 4 is 28.3 Å². The molecule has 0 fully saturated rings. The van der Waals surface area contributed by atoms with E-state index < -0.39 is 17.4 Å². The third kappa shape index (κ3) is 1.61. The Balaban J connectivity index is 2.42.